The Hall–Kier alpha value is -1.85. The Balaban J connectivity index is 1.90. The van der Waals surface area contributed by atoms with E-state index in [9.17, 15) is 0 Å². The molecule has 0 saturated heterocycles. The van der Waals surface area contributed by atoms with Crippen molar-refractivity contribution in [2.45, 2.75) is 31.9 Å². The minimum atomic E-state index is -0.0936. The molecule has 5 heteroatoms. The zero-order valence-corrected chi connectivity index (χ0v) is 11.8. The van der Waals surface area contributed by atoms with Crippen LogP contribution in [-0.2, 0) is 7.05 Å². The van der Waals surface area contributed by atoms with E-state index < -0.39 is 0 Å². The van der Waals surface area contributed by atoms with E-state index in [1.165, 1.54) is 0 Å². The lowest BCUT2D eigenvalue weighted by atomic mass is 10.0. The number of nitrogens with two attached hydrogens (primary N) is 1. The van der Waals surface area contributed by atoms with Crippen LogP contribution in [0.3, 0.4) is 0 Å². The van der Waals surface area contributed by atoms with Crippen molar-refractivity contribution >= 4 is 0 Å². The van der Waals surface area contributed by atoms with Crippen LogP contribution < -0.4 is 16.0 Å². The molecule has 2 aromatic rings. The van der Waals surface area contributed by atoms with Gasteiger partial charge in [-0.3, -0.25) is 10.5 Å². The van der Waals surface area contributed by atoms with E-state index in [0.717, 1.165) is 35.5 Å². The number of hydrogen-bond acceptors (Lipinski definition) is 4. The lowest BCUT2D eigenvalue weighted by Crippen LogP contribution is -2.30. The Kier molecular flexibility index (Phi) is 3.46. The van der Waals surface area contributed by atoms with Gasteiger partial charge in [0.15, 0.2) is 0 Å². The average molecular weight is 272 g/mol. The molecule has 1 unspecified atom stereocenters. The molecular weight excluding hydrogens is 252 g/mol. The highest BCUT2D eigenvalue weighted by Gasteiger charge is 2.24. The van der Waals surface area contributed by atoms with Crippen LogP contribution in [0, 0.1) is 6.92 Å². The molecule has 1 aromatic carbocycles. The summed E-state index contributed by atoms with van der Waals surface area (Å²) >= 11 is 0. The van der Waals surface area contributed by atoms with Gasteiger partial charge in [0.1, 0.15) is 5.75 Å². The monoisotopic (exact) mass is 272 g/mol. The van der Waals surface area contributed by atoms with Gasteiger partial charge in [-0.15, -0.1) is 0 Å². The van der Waals surface area contributed by atoms with Crippen LogP contribution in [0.25, 0.3) is 0 Å². The van der Waals surface area contributed by atoms with Gasteiger partial charge in [-0.1, -0.05) is 12.1 Å². The molecule has 0 aliphatic heterocycles. The smallest absolute Gasteiger partial charge is 0.120 e. The maximum absolute atomic E-state index is 5.84. The molecule has 20 heavy (non-hydrogen) atoms. The minimum absolute atomic E-state index is 0.0936. The fourth-order valence-corrected chi connectivity index (χ4v) is 2.40. The molecule has 1 heterocycles. The molecule has 1 aromatic heterocycles. The van der Waals surface area contributed by atoms with Crippen molar-refractivity contribution in [1.82, 2.24) is 15.2 Å². The zero-order valence-electron chi connectivity index (χ0n) is 11.8. The van der Waals surface area contributed by atoms with Gasteiger partial charge < -0.3 is 4.74 Å². The Morgan fingerprint density at radius 1 is 1.40 bits per heavy atom. The second kappa shape index (κ2) is 5.26. The summed E-state index contributed by atoms with van der Waals surface area (Å²) in [6.45, 7) is 1.98. The van der Waals surface area contributed by atoms with E-state index in [-0.39, 0.29) is 6.04 Å². The molecule has 1 saturated carbocycles. The largest absolute Gasteiger partial charge is 0.490 e. The van der Waals surface area contributed by atoms with Crippen LogP contribution in [0.2, 0.25) is 0 Å². The fourth-order valence-electron chi connectivity index (χ4n) is 2.40. The van der Waals surface area contributed by atoms with Gasteiger partial charge in [0.25, 0.3) is 0 Å². The summed E-state index contributed by atoms with van der Waals surface area (Å²) in [5.74, 6) is 6.65. The number of hydrazine groups is 1. The highest BCUT2D eigenvalue weighted by Crippen LogP contribution is 2.29. The standard InChI is InChI=1S/C15H20N4O/c1-10-8-14(19(2)18-10)15(17-16)11-4-3-5-13(9-11)20-12-6-7-12/h3-5,8-9,12,15,17H,6-7,16H2,1-2H3. The van der Waals surface area contributed by atoms with Crippen molar-refractivity contribution < 1.29 is 4.74 Å². The number of hydrogen-bond donors (Lipinski definition) is 2. The molecule has 0 spiro atoms. The summed E-state index contributed by atoms with van der Waals surface area (Å²) in [6, 6.07) is 10.0. The third kappa shape index (κ3) is 2.69. The van der Waals surface area contributed by atoms with Crippen LogP contribution >= 0.6 is 0 Å². The third-order valence-corrected chi connectivity index (χ3v) is 3.52. The van der Waals surface area contributed by atoms with Gasteiger partial charge in [0, 0.05) is 7.05 Å². The number of benzene rings is 1. The maximum atomic E-state index is 5.84. The van der Waals surface area contributed by atoms with E-state index in [4.69, 9.17) is 10.6 Å². The highest BCUT2D eigenvalue weighted by atomic mass is 16.5. The van der Waals surface area contributed by atoms with Gasteiger partial charge in [0.05, 0.1) is 23.5 Å². The number of aryl methyl sites for hydroxylation is 2. The molecule has 3 N–H and O–H groups in total. The van der Waals surface area contributed by atoms with Crippen LogP contribution in [0.4, 0.5) is 0 Å². The van der Waals surface area contributed by atoms with E-state index in [1.807, 2.05) is 49.0 Å². The van der Waals surface area contributed by atoms with Crippen molar-refractivity contribution in [3.63, 3.8) is 0 Å². The van der Waals surface area contributed by atoms with E-state index in [1.54, 1.807) is 0 Å². The summed E-state index contributed by atoms with van der Waals surface area (Å²) in [6.07, 6.45) is 2.71. The first-order valence-corrected chi connectivity index (χ1v) is 6.90. The number of aromatic nitrogens is 2. The van der Waals surface area contributed by atoms with E-state index in [0.29, 0.717) is 6.10 Å². The zero-order chi connectivity index (χ0) is 14.1. The average Bonchev–Trinajstić information content (AvgIpc) is 3.16. The first-order valence-electron chi connectivity index (χ1n) is 6.90. The van der Waals surface area contributed by atoms with Gasteiger partial charge in [-0.05, 0) is 43.5 Å². The Morgan fingerprint density at radius 2 is 2.20 bits per heavy atom. The Morgan fingerprint density at radius 3 is 2.80 bits per heavy atom. The SMILES string of the molecule is Cc1cc(C(NN)c2cccc(OC3CC3)c2)n(C)n1. The predicted molar refractivity (Wildman–Crippen MR) is 77.2 cm³/mol. The van der Waals surface area contributed by atoms with Crippen LogP contribution in [0.1, 0.15) is 35.8 Å². The summed E-state index contributed by atoms with van der Waals surface area (Å²) in [7, 11) is 1.93. The fraction of sp³-hybridized carbons (Fsp3) is 0.400. The van der Waals surface area contributed by atoms with Gasteiger partial charge in [-0.25, -0.2) is 5.43 Å². The second-order valence-electron chi connectivity index (χ2n) is 5.32. The molecule has 1 aliphatic carbocycles. The summed E-state index contributed by atoms with van der Waals surface area (Å²) in [5, 5.41) is 4.38. The highest BCUT2D eigenvalue weighted by molar-refractivity contribution is 5.35. The minimum Gasteiger partial charge on any atom is -0.490 e. The molecular formula is C15H20N4O. The molecule has 0 amide bonds. The normalized spacial score (nSPS) is 16.1. The molecule has 5 nitrogen and oxygen atoms in total. The second-order valence-corrected chi connectivity index (χ2v) is 5.32. The van der Waals surface area contributed by atoms with E-state index >= 15 is 0 Å². The molecule has 106 valence electrons. The Bertz CT molecular complexity index is 604. The molecule has 3 rings (SSSR count). The van der Waals surface area contributed by atoms with Crippen molar-refractivity contribution in [3.05, 3.63) is 47.3 Å². The molecule has 1 fully saturated rings. The van der Waals surface area contributed by atoms with Crippen molar-refractivity contribution in [3.8, 4) is 5.75 Å². The summed E-state index contributed by atoms with van der Waals surface area (Å²) in [5.41, 5.74) is 5.96. The molecule has 1 aliphatic rings. The van der Waals surface area contributed by atoms with Crippen LogP contribution in [0.15, 0.2) is 30.3 Å². The predicted octanol–water partition coefficient (Wildman–Crippen LogP) is 1.82. The van der Waals surface area contributed by atoms with Crippen molar-refractivity contribution in [1.29, 1.82) is 0 Å². The topological polar surface area (TPSA) is 65.1 Å². The maximum Gasteiger partial charge on any atom is 0.120 e. The Labute approximate surface area is 118 Å². The first-order chi connectivity index (χ1) is 9.67. The number of rotatable bonds is 5. The summed E-state index contributed by atoms with van der Waals surface area (Å²) in [4.78, 5) is 0. The van der Waals surface area contributed by atoms with Gasteiger partial charge in [0.2, 0.25) is 0 Å². The lowest BCUT2D eigenvalue weighted by Gasteiger charge is -2.17. The first kappa shape index (κ1) is 13.1. The van der Waals surface area contributed by atoms with Crippen LogP contribution in [0.5, 0.6) is 5.75 Å². The molecule has 0 radical (unpaired) electrons. The number of nitrogens with one attached hydrogen (secondary N) is 1. The van der Waals surface area contributed by atoms with Gasteiger partial charge in [-0.2, -0.15) is 5.10 Å². The molecule has 0 bridgehead atoms. The lowest BCUT2D eigenvalue weighted by molar-refractivity contribution is 0.302. The van der Waals surface area contributed by atoms with Gasteiger partial charge >= 0.3 is 0 Å². The molecule has 1 atom stereocenters. The summed E-state index contributed by atoms with van der Waals surface area (Å²) < 4.78 is 7.70. The third-order valence-electron chi connectivity index (χ3n) is 3.52. The number of ether oxygens (including phenoxy) is 1. The van der Waals surface area contributed by atoms with E-state index in [2.05, 4.69) is 10.5 Å². The van der Waals surface area contributed by atoms with Crippen molar-refractivity contribution in [2.75, 3.05) is 0 Å². The van der Waals surface area contributed by atoms with Crippen molar-refractivity contribution in [2.24, 2.45) is 12.9 Å². The van der Waals surface area contributed by atoms with Crippen LogP contribution in [-0.4, -0.2) is 15.9 Å². The number of nitrogens with zero attached hydrogens (tertiary/aromatic N) is 2. The quantitative estimate of drug-likeness (QED) is 0.643.